The summed E-state index contributed by atoms with van der Waals surface area (Å²) in [5.41, 5.74) is 5.27. The Kier molecular flexibility index (Phi) is 9.19. The lowest BCUT2D eigenvalue weighted by molar-refractivity contribution is 0.0971. The number of aromatic nitrogens is 3. The van der Waals surface area contributed by atoms with Crippen molar-refractivity contribution in [2.75, 3.05) is 19.0 Å². The molecule has 6 aromatic rings. The first-order valence-corrected chi connectivity index (χ1v) is 19.6. The minimum absolute atomic E-state index is 0.192. The number of aryl methyl sites for hydroxylation is 1. The van der Waals surface area contributed by atoms with E-state index in [1.54, 1.807) is 18.0 Å². The molecule has 10 nitrogen and oxygen atoms in total. The van der Waals surface area contributed by atoms with E-state index in [9.17, 15) is 4.79 Å². The maximum absolute atomic E-state index is 16.2. The van der Waals surface area contributed by atoms with Crippen LogP contribution in [0.1, 0.15) is 48.1 Å². The van der Waals surface area contributed by atoms with Crippen LogP contribution in [0, 0.1) is 5.41 Å². The van der Waals surface area contributed by atoms with Crippen molar-refractivity contribution in [2.24, 2.45) is 9.78 Å². The number of pyridine rings is 1. The van der Waals surface area contributed by atoms with Crippen molar-refractivity contribution >= 4 is 21.6 Å². The number of ether oxygens (including phenoxy) is 2. The van der Waals surface area contributed by atoms with Gasteiger partial charge in [-0.05, 0) is 58.7 Å². The number of hydrogen-bond acceptors (Lipinski definition) is 7. The van der Waals surface area contributed by atoms with Gasteiger partial charge in [0.15, 0.2) is 9.92 Å². The molecule has 2 amide bonds. The van der Waals surface area contributed by atoms with Crippen LogP contribution in [0.3, 0.4) is 0 Å². The van der Waals surface area contributed by atoms with Crippen LogP contribution in [-0.4, -0.2) is 38.7 Å². The molecule has 0 radical (unpaired) electrons. The number of hydrogen-bond donors (Lipinski definition) is 2. The fraction of sp³-hybridized carbons (Fsp3) is 0.233. The Morgan fingerprint density at radius 1 is 0.907 bits per heavy atom. The van der Waals surface area contributed by atoms with E-state index in [1.165, 1.54) is 11.8 Å². The van der Waals surface area contributed by atoms with Crippen LogP contribution in [0.25, 0.3) is 11.1 Å². The molecule has 0 bridgehead atoms. The topological polar surface area (TPSA) is 120 Å². The van der Waals surface area contributed by atoms with Gasteiger partial charge in [-0.2, -0.15) is 9.46 Å². The molecule has 54 heavy (non-hydrogen) atoms. The second-order valence-corrected chi connectivity index (χ2v) is 16.4. The Morgan fingerprint density at radius 2 is 1.56 bits per heavy atom. The maximum atomic E-state index is 16.2. The third kappa shape index (κ3) is 6.49. The Hall–Kier alpha value is -5.94. The van der Waals surface area contributed by atoms with E-state index in [-0.39, 0.29) is 10.3 Å². The average molecular weight is 739 g/mol. The van der Waals surface area contributed by atoms with Gasteiger partial charge in [0, 0.05) is 23.2 Å². The highest BCUT2D eigenvalue weighted by Crippen LogP contribution is 2.44. The highest BCUT2D eigenvalue weighted by molar-refractivity contribution is 7.92. The summed E-state index contributed by atoms with van der Waals surface area (Å²) in [5, 5.41) is 7.78. The molecule has 2 aromatic heterocycles. The average Bonchev–Trinajstić information content (AvgIpc) is 3.86. The number of carbonyl (C=O) groups is 1. The lowest BCUT2D eigenvalue weighted by Gasteiger charge is -2.34. The predicted octanol–water partition coefficient (Wildman–Crippen LogP) is 8.42. The van der Waals surface area contributed by atoms with Gasteiger partial charge < -0.3 is 14.8 Å². The highest BCUT2D eigenvalue weighted by atomic mass is 32.2. The minimum atomic E-state index is -3.90. The molecule has 11 heteroatoms. The molecule has 2 N–H and O–H groups in total. The number of methoxy groups -OCH3 is 1. The van der Waals surface area contributed by atoms with Crippen LogP contribution in [0.15, 0.2) is 137 Å². The van der Waals surface area contributed by atoms with E-state index < -0.39 is 21.5 Å². The summed E-state index contributed by atoms with van der Waals surface area (Å²) in [4.78, 5) is 19.1. The molecule has 1 aliphatic carbocycles. The molecule has 1 unspecified atom stereocenters. The van der Waals surface area contributed by atoms with Crippen LogP contribution in [0.4, 0.5) is 10.5 Å². The summed E-state index contributed by atoms with van der Waals surface area (Å²) in [6, 6.07) is 36.4. The molecule has 0 saturated carbocycles. The van der Waals surface area contributed by atoms with Crippen molar-refractivity contribution < 1.29 is 18.5 Å². The van der Waals surface area contributed by atoms with E-state index >= 15 is 4.21 Å². The van der Waals surface area contributed by atoms with Crippen LogP contribution < -0.4 is 19.5 Å². The third-order valence-corrected chi connectivity index (χ3v) is 12.0. The molecule has 0 saturated heterocycles. The summed E-state index contributed by atoms with van der Waals surface area (Å²) >= 11 is 0. The summed E-state index contributed by atoms with van der Waals surface area (Å²) in [7, 11) is -2.33. The number of anilines is 1. The number of fused-ring (bicyclic) bond motifs is 2. The van der Waals surface area contributed by atoms with Crippen molar-refractivity contribution in [3.05, 3.63) is 155 Å². The van der Waals surface area contributed by atoms with Crippen LogP contribution in [0.2, 0.25) is 0 Å². The monoisotopic (exact) mass is 738 g/mol. The molecule has 3 heterocycles. The largest absolute Gasteiger partial charge is 0.481 e. The zero-order valence-corrected chi connectivity index (χ0v) is 31.3. The summed E-state index contributed by atoms with van der Waals surface area (Å²) in [6.45, 7) is 5.10. The maximum Gasteiger partial charge on any atom is 0.331 e. The van der Waals surface area contributed by atoms with Crippen LogP contribution >= 0.6 is 0 Å². The third-order valence-electron chi connectivity index (χ3n) is 10.1. The van der Waals surface area contributed by atoms with Crippen molar-refractivity contribution in [3.63, 3.8) is 0 Å². The second-order valence-electron chi connectivity index (χ2n) is 14.5. The number of rotatable bonds is 9. The molecule has 0 spiro atoms. The molecule has 4 aromatic carbocycles. The van der Waals surface area contributed by atoms with Gasteiger partial charge in [-0.3, -0.25) is 0 Å². The van der Waals surface area contributed by atoms with Gasteiger partial charge in [0.2, 0.25) is 11.8 Å². The summed E-state index contributed by atoms with van der Waals surface area (Å²) in [6.07, 6.45) is 5.86. The number of carbonyl (C=O) groups excluding carboxylic acids is 1. The van der Waals surface area contributed by atoms with Gasteiger partial charge >= 0.3 is 6.03 Å². The molecule has 8 rings (SSSR count). The first-order valence-electron chi connectivity index (χ1n) is 18.1. The molecule has 1 atom stereocenters. The first-order chi connectivity index (χ1) is 26.2. The van der Waals surface area contributed by atoms with Crippen molar-refractivity contribution in [1.29, 1.82) is 0 Å². The highest BCUT2D eigenvalue weighted by Gasteiger charge is 2.41. The van der Waals surface area contributed by atoms with Crippen LogP contribution in [-0.2, 0) is 34.8 Å². The number of amides is 2. The molecule has 274 valence electrons. The number of nitrogens with zero attached hydrogens (tertiary/aromatic N) is 4. The van der Waals surface area contributed by atoms with E-state index in [2.05, 4.69) is 40.0 Å². The fourth-order valence-electron chi connectivity index (χ4n) is 7.54. The normalized spacial score (nSPS) is 15.5. The van der Waals surface area contributed by atoms with Crippen LogP contribution in [0.5, 0.6) is 11.8 Å². The lowest BCUT2D eigenvalue weighted by Crippen LogP contribution is -2.39. The van der Waals surface area contributed by atoms with E-state index in [0.717, 1.165) is 52.6 Å². The Bertz CT molecular complexity index is 2340. The molecule has 0 fully saturated rings. The first kappa shape index (κ1) is 35.1. The zero-order valence-electron chi connectivity index (χ0n) is 30.5. The lowest BCUT2D eigenvalue weighted by atomic mass is 9.78. The van der Waals surface area contributed by atoms with Gasteiger partial charge in [0.25, 0.3) is 0 Å². The Morgan fingerprint density at radius 3 is 2.19 bits per heavy atom. The van der Waals surface area contributed by atoms with E-state index in [0.29, 0.717) is 30.6 Å². The summed E-state index contributed by atoms with van der Waals surface area (Å²) in [5.74, 6) is 0.773. The van der Waals surface area contributed by atoms with Crippen molar-refractivity contribution in [2.45, 2.75) is 50.1 Å². The van der Waals surface area contributed by atoms with Gasteiger partial charge in [0.05, 0.1) is 32.1 Å². The predicted molar refractivity (Wildman–Crippen MR) is 210 cm³/mol. The number of nitrogens with one attached hydrogen (secondary N) is 2. The standard InChI is InChI=1S/C43H42N6O4S/c1-42(2)28-49-40(53-29-42)37(27-45-49)54(51,48-43(32-15-7-4-8-16-32,33-17-9-5-10-18-33)34-19-11-6-12-20-34)47-41(50)46-39-35-21-13-14-30(35)22-23-36(39)31-24-25-44-38(26-31)52-3/h4-12,15-20,22-27H,13-14,21,28-29H2,1-3H3,(H2,46,47,48,50,51). The molecule has 2 aliphatic rings. The smallest absolute Gasteiger partial charge is 0.331 e. The summed E-state index contributed by atoms with van der Waals surface area (Å²) < 4.78 is 38.0. The zero-order chi connectivity index (χ0) is 37.3. The van der Waals surface area contributed by atoms with Gasteiger partial charge in [-0.15, -0.1) is 0 Å². The Labute approximate surface area is 315 Å². The molecular formula is C43H42N6O4S. The van der Waals surface area contributed by atoms with E-state index in [4.69, 9.17) is 13.8 Å². The Balaban J connectivity index is 1.34. The quantitative estimate of drug-likeness (QED) is 0.144. The SMILES string of the molecule is COc1cc(-c2ccc3c(c2NC(=O)NS(=O)(=NC(c2ccccc2)(c2ccccc2)c2ccccc2)c2cnn4c2OCC(C)(C)C4)CCC3)ccn1. The second kappa shape index (κ2) is 14.1. The molecule has 1 aliphatic heterocycles. The number of urea groups is 1. The fourth-order valence-corrected chi connectivity index (χ4v) is 9.39. The van der Waals surface area contributed by atoms with Gasteiger partial charge in [0.1, 0.15) is 10.4 Å². The van der Waals surface area contributed by atoms with E-state index in [1.807, 2.05) is 109 Å². The van der Waals surface area contributed by atoms with Crippen molar-refractivity contribution in [3.8, 4) is 22.9 Å². The van der Waals surface area contributed by atoms with Gasteiger partial charge in [-0.25, -0.2) is 23.4 Å². The van der Waals surface area contributed by atoms with Gasteiger partial charge in [-0.1, -0.05) is 117 Å². The minimum Gasteiger partial charge on any atom is -0.481 e. The van der Waals surface area contributed by atoms with Crippen molar-refractivity contribution in [1.82, 2.24) is 19.5 Å². The number of benzene rings is 4. The molecular weight excluding hydrogens is 697 g/mol.